The molecule has 0 unspecified atom stereocenters. The average molecular weight is 148 g/mol. The van der Waals surface area contributed by atoms with E-state index in [0.717, 1.165) is 6.54 Å². The van der Waals surface area contributed by atoms with E-state index in [-0.39, 0.29) is 0 Å². The van der Waals surface area contributed by atoms with E-state index in [9.17, 15) is 0 Å². The molecule has 0 atom stereocenters. The molecule has 0 saturated carbocycles. The fourth-order valence-electron chi connectivity index (χ4n) is 0.664. The van der Waals surface area contributed by atoms with Crippen molar-refractivity contribution in [2.24, 2.45) is 0 Å². The van der Waals surface area contributed by atoms with E-state index in [1.54, 1.807) is 12.3 Å². The summed E-state index contributed by atoms with van der Waals surface area (Å²) in [5, 5.41) is 11.4. The zero-order chi connectivity index (χ0) is 8.10. The van der Waals surface area contributed by atoms with Crippen molar-refractivity contribution in [1.82, 2.24) is 9.97 Å². The van der Waals surface area contributed by atoms with Gasteiger partial charge < -0.3 is 5.32 Å². The van der Waals surface area contributed by atoms with E-state index < -0.39 is 0 Å². The predicted octanol–water partition coefficient (Wildman–Crippen LogP) is 0.780. The molecule has 1 aromatic rings. The topological polar surface area (TPSA) is 61.6 Å². The third-order valence-corrected chi connectivity index (χ3v) is 1.11. The van der Waals surface area contributed by atoms with Crippen LogP contribution in [0.15, 0.2) is 12.3 Å². The van der Waals surface area contributed by atoms with Gasteiger partial charge in [-0.15, -0.1) is 0 Å². The minimum absolute atomic E-state index is 0.385. The van der Waals surface area contributed by atoms with Crippen LogP contribution in [0, 0.1) is 11.3 Å². The molecule has 0 aromatic carbocycles. The summed E-state index contributed by atoms with van der Waals surface area (Å²) in [5.74, 6) is 0.506. The molecule has 56 valence electrons. The van der Waals surface area contributed by atoms with E-state index >= 15 is 0 Å². The molecule has 0 aliphatic rings. The molecule has 0 aliphatic carbocycles. The molecule has 1 aromatic heterocycles. The smallest absolute Gasteiger partial charge is 0.223 e. The van der Waals surface area contributed by atoms with Crippen molar-refractivity contribution in [2.75, 3.05) is 11.9 Å². The molecule has 0 bridgehead atoms. The molecule has 11 heavy (non-hydrogen) atoms. The van der Waals surface area contributed by atoms with Gasteiger partial charge in [-0.1, -0.05) is 0 Å². The van der Waals surface area contributed by atoms with Gasteiger partial charge >= 0.3 is 0 Å². The fraction of sp³-hybridized carbons (Fsp3) is 0.286. The molecule has 0 aliphatic heterocycles. The number of anilines is 1. The molecule has 1 N–H and O–H groups in total. The first-order valence-electron chi connectivity index (χ1n) is 3.34. The van der Waals surface area contributed by atoms with Gasteiger partial charge in [0.2, 0.25) is 5.95 Å². The highest BCUT2D eigenvalue weighted by Crippen LogP contribution is 1.97. The van der Waals surface area contributed by atoms with Crippen LogP contribution in [-0.4, -0.2) is 16.5 Å². The lowest BCUT2D eigenvalue weighted by molar-refractivity contribution is 1.07. The average Bonchev–Trinajstić information content (AvgIpc) is 2.06. The normalized spacial score (nSPS) is 8.73. The third kappa shape index (κ3) is 1.90. The van der Waals surface area contributed by atoms with Crippen LogP contribution in [0.1, 0.15) is 12.6 Å². The second kappa shape index (κ2) is 3.52. The first kappa shape index (κ1) is 7.48. The van der Waals surface area contributed by atoms with Crippen LogP contribution >= 0.6 is 0 Å². The molecule has 0 fully saturated rings. The fourth-order valence-corrected chi connectivity index (χ4v) is 0.664. The largest absolute Gasteiger partial charge is 0.354 e. The number of nitrogens with one attached hydrogen (secondary N) is 1. The van der Waals surface area contributed by atoms with E-state index in [1.807, 2.05) is 13.0 Å². The molecular weight excluding hydrogens is 140 g/mol. The van der Waals surface area contributed by atoms with Gasteiger partial charge in [0, 0.05) is 12.7 Å². The van der Waals surface area contributed by atoms with Crippen LogP contribution in [0.2, 0.25) is 0 Å². The number of nitrogens with zero attached hydrogens (tertiary/aromatic N) is 3. The van der Waals surface area contributed by atoms with E-state index in [1.165, 1.54) is 0 Å². The zero-order valence-electron chi connectivity index (χ0n) is 6.20. The second-order valence-electron chi connectivity index (χ2n) is 1.91. The highest BCUT2D eigenvalue weighted by Gasteiger charge is 1.94. The van der Waals surface area contributed by atoms with Gasteiger partial charge in [0.05, 0.1) is 0 Å². The molecule has 0 saturated heterocycles. The predicted molar refractivity (Wildman–Crippen MR) is 40.9 cm³/mol. The first-order valence-corrected chi connectivity index (χ1v) is 3.34. The lowest BCUT2D eigenvalue weighted by Crippen LogP contribution is -2.02. The van der Waals surface area contributed by atoms with Crippen LogP contribution in [-0.2, 0) is 0 Å². The van der Waals surface area contributed by atoms with Gasteiger partial charge in [-0.25, -0.2) is 9.97 Å². The van der Waals surface area contributed by atoms with E-state index in [4.69, 9.17) is 5.26 Å². The lowest BCUT2D eigenvalue weighted by atomic mass is 10.4. The summed E-state index contributed by atoms with van der Waals surface area (Å²) < 4.78 is 0. The van der Waals surface area contributed by atoms with Gasteiger partial charge in [0.15, 0.2) is 0 Å². The summed E-state index contributed by atoms with van der Waals surface area (Å²) in [6.07, 6.45) is 1.56. The van der Waals surface area contributed by atoms with Crippen molar-refractivity contribution in [1.29, 1.82) is 5.26 Å². The van der Waals surface area contributed by atoms with Crippen LogP contribution in [0.25, 0.3) is 0 Å². The monoisotopic (exact) mass is 148 g/mol. The molecule has 0 radical (unpaired) electrons. The van der Waals surface area contributed by atoms with E-state index in [2.05, 4.69) is 15.3 Å². The van der Waals surface area contributed by atoms with Gasteiger partial charge in [-0.3, -0.25) is 0 Å². The first-order chi connectivity index (χ1) is 5.36. The number of rotatable bonds is 2. The highest BCUT2D eigenvalue weighted by molar-refractivity contribution is 5.29. The maximum Gasteiger partial charge on any atom is 0.223 e. The second-order valence-corrected chi connectivity index (χ2v) is 1.91. The van der Waals surface area contributed by atoms with Crippen LogP contribution in [0.3, 0.4) is 0 Å². The maximum absolute atomic E-state index is 8.46. The summed E-state index contributed by atoms with van der Waals surface area (Å²) in [6, 6.07) is 3.50. The number of nitriles is 1. The van der Waals surface area contributed by atoms with Gasteiger partial charge in [0.1, 0.15) is 11.8 Å². The van der Waals surface area contributed by atoms with Crippen LogP contribution in [0.5, 0.6) is 0 Å². The van der Waals surface area contributed by atoms with Crippen LogP contribution < -0.4 is 5.32 Å². The Hall–Kier alpha value is -1.63. The maximum atomic E-state index is 8.46. The Morgan fingerprint density at radius 3 is 3.18 bits per heavy atom. The molecular formula is C7H8N4. The summed E-state index contributed by atoms with van der Waals surface area (Å²) in [4.78, 5) is 7.80. The third-order valence-electron chi connectivity index (χ3n) is 1.11. The summed E-state index contributed by atoms with van der Waals surface area (Å²) in [5.41, 5.74) is 0.385. The van der Waals surface area contributed by atoms with E-state index in [0.29, 0.717) is 11.6 Å². The van der Waals surface area contributed by atoms with Crippen molar-refractivity contribution in [3.63, 3.8) is 0 Å². The number of hydrogen-bond donors (Lipinski definition) is 1. The Bertz CT molecular complexity index is 276. The molecule has 1 rings (SSSR count). The van der Waals surface area contributed by atoms with Crippen LogP contribution in [0.4, 0.5) is 5.95 Å². The Morgan fingerprint density at radius 1 is 1.73 bits per heavy atom. The quantitative estimate of drug-likeness (QED) is 0.673. The Balaban J connectivity index is 2.85. The Kier molecular flexibility index (Phi) is 2.39. The minimum atomic E-state index is 0.385. The Labute approximate surface area is 64.9 Å². The molecule has 1 heterocycles. The number of hydrogen-bond acceptors (Lipinski definition) is 4. The van der Waals surface area contributed by atoms with Crippen molar-refractivity contribution >= 4 is 5.95 Å². The zero-order valence-corrected chi connectivity index (χ0v) is 6.20. The van der Waals surface area contributed by atoms with Gasteiger partial charge in [-0.2, -0.15) is 5.26 Å². The van der Waals surface area contributed by atoms with Crippen molar-refractivity contribution in [3.8, 4) is 6.07 Å². The van der Waals surface area contributed by atoms with Gasteiger partial charge in [-0.05, 0) is 13.0 Å². The molecule has 0 spiro atoms. The molecule has 0 amide bonds. The van der Waals surface area contributed by atoms with Gasteiger partial charge in [0.25, 0.3) is 0 Å². The van der Waals surface area contributed by atoms with Crippen molar-refractivity contribution in [2.45, 2.75) is 6.92 Å². The molecule has 4 nitrogen and oxygen atoms in total. The minimum Gasteiger partial charge on any atom is -0.354 e. The summed E-state index contributed by atoms with van der Waals surface area (Å²) in [6.45, 7) is 2.71. The summed E-state index contributed by atoms with van der Waals surface area (Å²) in [7, 11) is 0. The lowest BCUT2D eigenvalue weighted by Gasteiger charge is -1.98. The highest BCUT2D eigenvalue weighted by atomic mass is 15.1. The standard InChI is InChI=1S/C7H8N4/c1-2-9-7-10-4-3-6(5-8)11-7/h3-4H,2H2,1H3,(H,9,10,11). The van der Waals surface area contributed by atoms with Crippen molar-refractivity contribution < 1.29 is 0 Å². The number of aromatic nitrogens is 2. The SMILES string of the molecule is CCNc1nccc(C#N)n1. The molecule has 4 heteroatoms. The Morgan fingerprint density at radius 2 is 2.55 bits per heavy atom. The van der Waals surface area contributed by atoms with Crippen molar-refractivity contribution in [3.05, 3.63) is 18.0 Å². The summed E-state index contributed by atoms with van der Waals surface area (Å²) >= 11 is 0.